The minimum atomic E-state index is -0.238. The Morgan fingerprint density at radius 1 is 1.26 bits per heavy atom. The minimum Gasteiger partial charge on any atom is -0.313 e. The molecule has 2 aromatic rings. The molecule has 3 nitrogen and oxygen atoms in total. The van der Waals surface area contributed by atoms with Crippen LogP contribution in [-0.4, -0.2) is 16.3 Å². The van der Waals surface area contributed by atoms with E-state index in [1.807, 2.05) is 12.3 Å². The van der Waals surface area contributed by atoms with E-state index in [1.165, 1.54) is 6.07 Å². The maximum atomic E-state index is 13.9. The molecular weight excluding hydrogens is 241 g/mol. The maximum Gasteiger partial charge on any atom is 0.148 e. The number of para-hydroxylation sites is 1. The Balaban J connectivity index is 2.40. The Kier molecular flexibility index (Phi) is 4.68. The van der Waals surface area contributed by atoms with E-state index in [0.29, 0.717) is 5.69 Å². The second kappa shape index (κ2) is 6.48. The lowest BCUT2D eigenvalue weighted by molar-refractivity contribution is 0.604. The summed E-state index contributed by atoms with van der Waals surface area (Å²) >= 11 is 0. The maximum absolute atomic E-state index is 13.9. The number of halogens is 1. The first-order valence-corrected chi connectivity index (χ1v) is 6.79. The number of hydrogen-bond acceptors (Lipinski definition) is 2. The second-order valence-electron chi connectivity index (χ2n) is 4.51. The topological polar surface area (TPSA) is 29.9 Å². The van der Waals surface area contributed by atoms with Gasteiger partial charge in [-0.2, -0.15) is 5.10 Å². The van der Waals surface area contributed by atoms with Crippen LogP contribution >= 0.6 is 0 Å². The highest BCUT2D eigenvalue weighted by Gasteiger charge is 2.13. The first-order valence-electron chi connectivity index (χ1n) is 6.79. The Hall–Kier alpha value is -1.68. The van der Waals surface area contributed by atoms with E-state index in [4.69, 9.17) is 0 Å². The van der Waals surface area contributed by atoms with Gasteiger partial charge in [0.15, 0.2) is 0 Å². The van der Waals surface area contributed by atoms with Crippen LogP contribution in [-0.2, 0) is 13.0 Å². The molecule has 19 heavy (non-hydrogen) atoms. The molecule has 0 aliphatic carbocycles. The molecule has 0 atom stereocenters. The van der Waals surface area contributed by atoms with Crippen molar-refractivity contribution in [2.24, 2.45) is 0 Å². The first kappa shape index (κ1) is 13.7. The zero-order chi connectivity index (χ0) is 13.7. The quantitative estimate of drug-likeness (QED) is 0.866. The van der Waals surface area contributed by atoms with Crippen molar-refractivity contribution in [2.45, 2.75) is 33.2 Å². The summed E-state index contributed by atoms with van der Waals surface area (Å²) < 4.78 is 15.6. The lowest BCUT2D eigenvalue weighted by Gasteiger charge is -2.10. The van der Waals surface area contributed by atoms with Crippen molar-refractivity contribution in [3.05, 3.63) is 47.5 Å². The summed E-state index contributed by atoms with van der Waals surface area (Å²) in [7, 11) is 0. The molecule has 1 aromatic carbocycles. The normalized spacial score (nSPS) is 10.9. The fourth-order valence-corrected chi connectivity index (χ4v) is 2.15. The number of nitrogens with zero attached hydrogens (tertiary/aromatic N) is 2. The van der Waals surface area contributed by atoms with Gasteiger partial charge in [-0.15, -0.1) is 0 Å². The molecule has 2 rings (SSSR count). The van der Waals surface area contributed by atoms with Crippen LogP contribution in [0.4, 0.5) is 4.39 Å². The Morgan fingerprint density at radius 2 is 2.05 bits per heavy atom. The van der Waals surface area contributed by atoms with Gasteiger partial charge >= 0.3 is 0 Å². The highest BCUT2D eigenvalue weighted by molar-refractivity contribution is 5.36. The van der Waals surface area contributed by atoms with Gasteiger partial charge in [0.25, 0.3) is 0 Å². The zero-order valence-electron chi connectivity index (χ0n) is 11.5. The van der Waals surface area contributed by atoms with E-state index in [1.54, 1.807) is 16.8 Å². The highest BCUT2D eigenvalue weighted by Crippen LogP contribution is 2.19. The molecule has 0 aliphatic rings. The van der Waals surface area contributed by atoms with Gasteiger partial charge in [0.1, 0.15) is 11.5 Å². The standard InChI is InChI=1S/C15H20FN3/c1-3-7-14-12(10-17-4-2)11-18-19(14)15-9-6-5-8-13(15)16/h5-6,8-9,11,17H,3-4,7,10H2,1-2H3. The van der Waals surface area contributed by atoms with Gasteiger partial charge in [-0.05, 0) is 25.1 Å². The average Bonchev–Trinajstić information content (AvgIpc) is 2.80. The molecule has 0 bridgehead atoms. The molecule has 0 saturated heterocycles. The van der Waals surface area contributed by atoms with Crippen molar-refractivity contribution in [3.63, 3.8) is 0 Å². The molecule has 1 heterocycles. The van der Waals surface area contributed by atoms with Gasteiger partial charge < -0.3 is 5.32 Å². The molecule has 0 fully saturated rings. The predicted octanol–water partition coefficient (Wildman–Crippen LogP) is 3.07. The van der Waals surface area contributed by atoms with Crippen molar-refractivity contribution >= 4 is 0 Å². The molecule has 102 valence electrons. The summed E-state index contributed by atoms with van der Waals surface area (Å²) in [4.78, 5) is 0. The minimum absolute atomic E-state index is 0.238. The summed E-state index contributed by atoms with van der Waals surface area (Å²) in [6.07, 6.45) is 3.74. The Morgan fingerprint density at radius 3 is 2.74 bits per heavy atom. The van der Waals surface area contributed by atoms with E-state index in [9.17, 15) is 4.39 Å². The van der Waals surface area contributed by atoms with Crippen molar-refractivity contribution in [1.29, 1.82) is 0 Å². The van der Waals surface area contributed by atoms with Crippen LogP contribution < -0.4 is 5.32 Å². The first-order chi connectivity index (χ1) is 9.27. The Bertz CT molecular complexity index is 534. The second-order valence-corrected chi connectivity index (χ2v) is 4.51. The van der Waals surface area contributed by atoms with Gasteiger partial charge in [0, 0.05) is 17.8 Å². The number of hydrogen-bond donors (Lipinski definition) is 1. The number of nitrogens with one attached hydrogen (secondary N) is 1. The molecule has 4 heteroatoms. The predicted molar refractivity (Wildman–Crippen MR) is 74.9 cm³/mol. The fraction of sp³-hybridized carbons (Fsp3) is 0.400. The van der Waals surface area contributed by atoms with E-state index in [2.05, 4.69) is 24.3 Å². The molecular formula is C15H20FN3. The van der Waals surface area contributed by atoms with Crippen LogP contribution in [0.3, 0.4) is 0 Å². The van der Waals surface area contributed by atoms with Gasteiger partial charge in [0.05, 0.1) is 6.20 Å². The summed E-state index contributed by atoms with van der Waals surface area (Å²) in [5, 5.41) is 7.65. The fourth-order valence-electron chi connectivity index (χ4n) is 2.15. The molecule has 0 spiro atoms. The highest BCUT2D eigenvalue weighted by atomic mass is 19.1. The van der Waals surface area contributed by atoms with Crippen LogP contribution in [0.25, 0.3) is 5.69 Å². The van der Waals surface area contributed by atoms with E-state index >= 15 is 0 Å². The molecule has 0 saturated carbocycles. The summed E-state index contributed by atoms with van der Waals surface area (Å²) in [5.74, 6) is -0.238. The zero-order valence-corrected chi connectivity index (χ0v) is 11.5. The van der Waals surface area contributed by atoms with Crippen molar-refractivity contribution < 1.29 is 4.39 Å². The summed E-state index contributed by atoms with van der Waals surface area (Å²) in [6.45, 7) is 5.88. The Labute approximate surface area is 113 Å². The number of rotatable bonds is 6. The SMILES string of the molecule is CCCc1c(CNCC)cnn1-c1ccccc1F. The van der Waals surface area contributed by atoms with Crippen molar-refractivity contribution in [3.8, 4) is 5.69 Å². The van der Waals surface area contributed by atoms with E-state index in [-0.39, 0.29) is 5.82 Å². The lowest BCUT2D eigenvalue weighted by Crippen LogP contribution is -2.13. The van der Waals surface area contributed by atoms with Crippen LogP contribution in [0.15, 0.2) is 30.5 Å². The van der Waals surface area contributed by atoms with E-state index in [0.717, 1.165) is 37.2 Å². The third-order valence-electron chi connectivity index (χ3n) is 3.09. The van der Waals surface area contributed by atoms with Crippen molar-refractivity contribution in [2.75, 3.05) is 6.54 Å². The van der Waals surface area contributed by atoms with Crippen LogP contribution in [0.2, 0.25) is 0 Å². The van der Waals surface area contributed by atoms with E-state index < -0.39 is 0 Å². The van der Waals surface area contributed by atoms with Crippen molar-refractivity contribution in [1.82, 2.24) is 15.1 Å². The third kappa shape index (κ3) is 3.01. The largest absolute Gasteiger partial charge is 0.313 e. The smallest absolute Gasteiger partial charge is 0.148 e. The van der Waals surface area contributed by atoms with Crippen LogP contribution in [0.5, 0.6) is 0 Å². The molecule has 0 unspecified atom stereocenters. The monoisotopic (exact) mass is 261 g/mol. The number of benzene rings is 1. The van der Waals surface area contributed by atoms with Crippen LogP contribution in [0, 0.1) is 5.82 Å². The summed E-state index contributed by atoms with van der Waals surface area (Å²) in [6, 6.07) is 6.76. The van der Waals surface area contributed by atoms with Gasteiger partial charge in [-0.1, -0.05) is 32.4 Å². The third-order valence-corrected chi connectivity index (χ3v) is 3.09. The molecule has 1 N–H and O–H groups in total. The average molecular weight is 261 g/mol. The molecule has 0 radical (unpaired) electrons. The lowest BCUT2D eigenvalue weighted by atomic mass is 10.1. The van der Waals surface area contributed by atoms with Crippen LogP contribution in [0.1, 0.15) is 31.5 Å². The van der Waals surface area contributed by atoms with Gasteiger partial charge in [-0.3, -0.25) is 0 Å². The summed E-state index contributed by atoms with van der Waals surface area (Å²) in [5.41, 5.74) is 2.76. The molecule has 0 amide bonds. The number of aromatic nitrogens is 2. The molecule has 1 aromatic heterocycles. The molecule has 0 aliphatic heterocycles. The van der Waals surface area contributed by atoms with Gasteiger partial charge in [-0.25, -0.2) is 9.07 Å². The van der Waals surface area contributed by atoms with Gasteiger partial charge in [0.2, 0.25) is 0 Å².